The zero-order chi connectivity index (χ0) is 10.5. The fourth-order valence-corrected chi connectivity index (χ4v) is 1.32. The molecular weight excluding hydrogens is 196 g/mol. The molecule has 0 saturated carbocycles. The molecule has 0 aliphatic carbocycles. The van der Waals surface area contributed by atoms with E-state index in [2.05, 4.69) is 0 Å². The van der Waals surface area contributed by atoms with Crippen LogP contribution in [0, 0.1) is 0 Å². The van der Waals surface area contributed by atoms with E-state index >= 15 is 0 Å². The molecule has 1 aliphatic heterocycles. The van der Waals surface area contributed by atoms with E-state index in [1.54, 1.807) is 24.3 Å². The lowest BCUT2D eigenvalue weighted by Gasteiger charge is -2.07. The molecule has 0 radical (unpaired) electrons. The highest BCUT2D eigenvalue weighted by Crippen LogP contribution is 2.10. The second kappa shape index (κ2) is 4.91. The monoisotopic (exact) mass is 208 g/mol. The van der Waals surface area contributed by atoms with Gasteiger partial charge in [-0.05, 0) is 12.1 Å². The van der Waals surface area contributed by atoms with Crippen LogP contribution in [-0.2, 0) is 14.5 Å². The molecule has 4 nitrogen and oxygen atoms in total. The molecule has 4 heteroatoms. The first-order valence-electron chi connectivity index (χ1n) is 4.87. The maximum Gasteiger partial charge on any atom is 0.373 e. The first-order chi connectivity index (χ1) is 7.36. The van der Waals surface area contributed by atoms with Gasteiger partial charge >= 0.3 is 5.97 Å². The lowest BCUT2D eigenvalue weighted by Crippen LogP contribution is -2.16. The van der Waals surface area contributed by atoms with Crippen LogP contribution in [0.15, 0.2) is 30.3 Å². The quantitative estimate of drug-likeness (QED) is 0.558. The Hall–Kier alpha value is -1.39. The van der Waals surface area contributed by atoms with Crippen molar-refractivity contribution in [3.8, 4) is 0 Å². The van der Waals surface area contributed by atoms with Crippen molar-refractivity contribution in [1.29, 1.82) is 0 Å². The lowest BCUT2D eigenvalue weighted by molar-refractivity contribution is -0.272. The maximum absolute atomic E-state index is 11.4. The molecule has 0 aromatic heterocycles. The van der Waals surface area contributed by atoms with E-state index in [0.717, 1.165) is 6.42 Å². The van der Waals surface area contributed by atoms with Crippen LogP contribution < -0.4 is 0 Å². The second-order valence-corrected chi connectivity index (χ2v) is 3.32. The van der Waals surface area contributed by atoms with E-state index in [9.17, 15) is 4.79 Å². The van der Waals surface area contributed by atoms with Crippen molar-refractivity contribution in [2.45, 2.75) is 12.5 Å². The summed E-state index contributed by atoms with van der Waals surface area (Å²) in [6.45, 7) is 1.15. The van der Waals surface area contributed by atoms with Gasteiger partial charge < -0.3 is 4.74 Å². The van der Waals surface area contributed by atoms with Crippen LogP contribution in [0.5, 0.6) is 0 Å². The van der Waals surface area contributed by atoms with Crippen molar-refractivity contribution >= 4 is 5.97 Å². The van der Waals surface area contributed by atoms with Gasteiger partial charge in [0.1, 0.15) is 6.10 Å². The first-order valence-corrected chi connectivity index (χ1v) is 4.87. The van der Waals surface area contributed by atoms with Gasteiger partial charge in [-0.1, -0.05) is 18.2 Å². The molecule has 1 unspecified atom stereocenters. The number of carbonyl (C=O) groups is 1. The molecular formula is C11H12O4. The van der Waals surface area contributed by atoms with Gasteiger partial charge in [-0.3, -0.25) is 4.89 Å². The number of benzene rings is 1. The normalized spacial score (nSPS) is 20.1. The highest BCUT2D eigenvalue weighted by molar-refractivity contribution is 5.88. The summed E-state index contributed by atoms with van der Waals surface area (Å²) in [4.78, 5) is 21.1. The molecule has 0 bridgehead atoms. The fourth-order valence-electron chi connectivity index (χ4n) is 1.32. The van der Waals surface area contributed by atoms with Crippen molar-refractivity contribution in [2.75, 3.05) is 13.2 Å². The van der Waals surface area contributed by atoms with Crippen LogP contribution in [0.3, 0.4) is 0 Å². The smallest absolute Gasteiger partial charge is 0.373 e. The predicted molar refractivity (Wildman–Crippen MR) is 52.2 cm³/mol. The minimum absolute atomic E-state index is 0.127. The molecule has 80 valence electrons. The third-order valence-corrected chi connectivity index (χ3v) is 2.16. The molecule has 1 aliphatic rings. The molecule has 0 N–H and O–H groups in total. The molecule has 0 amide bonds. The van der Waals surface area contributed by atoms with Gasteiger partial charge in [0.05, 0.1) is 12.2 Å². The van der Waals surface area contributed by atoms with Gasteiger partial charge in [0.15, 0.2) is 0 Å². The highest BCUT2D eigenvalue weighted by Gasteiger charge is 2.19. The van der Waals surface area contributed by atoms with Crippen molar-refractivity contribution in [1.82, 2.24) is 0 Å². The number of ether oxygens (including phenoxy) is 1. The Labute approximate surface area is 87.7 Å². The van der Waals surface area contributed by atoms with Gasteiger partial charge in [-0.2, -0.15) is 4.89 Å². The standard InChI is InChI=1S/C11H12O4/c12-11(9-4-2-1-3-5-9)15-14-10-6-7-13-8-10/h1-5,10H,6-8H2. The molecule has 1 aromatic rings. The van der Waals surface area contributed by atoms with E-state index in [1.165, 1.54) is 0 Å². The van der Waals surface area contributed by atoms with E-state index in [0.29, 0.717) is 18.8 Å². The summed E-state index contributed by atoms with van der Waals surface area (Å²) in [5.41, 5.74) is 0.483. The van der Waals surface area contributed by atoms with Gasteiger partial charge in [-0.25, -0.2) is 4.79 Å². The van der Waals surface area contributed by atoms with Crippen LogP contribution in [0.4, 0.5) is 0 Å². The Morgan fingerprint density at radius 3 is 2.80 bits per heavy atom. The van der Waals surface area contributed by atoms with Crippen molar-refractivity contribution in [3.05, 3.63) is 35.9 Å². The van der Waals surface area contributed by atoms with Crippen LogP contribution in [0.1, 0.15) is 16.8 Å². The lowest BCUT2D eigenvalue weighted by atomic mass is 10.2. The molecule has 1 aromatic carbocycles. The van der Waals surface area contributed by atoms with Crippen LogP contribution >= 0.6 is 0 Å². The summed E-state index contributed by atoms with van der Waals surface area (Å²) < 4.78 is 5.08. The first kappa shape index (κ1) is 10.1. The topological polar surface area (TPSA) is 44.8 Å². The van der Waals surface area contributed by atoms with Crippen molar-refractivity contribution in [3.63, 3.8) is 0 Å². The summed E-state index contributed by atoms with van der Waals surface area (Å²) in [5.74, 6) is -0.470. The number of hydrogen-bond donors (Lipinski definition) is 0. The van der Waals surface area contributed by atoms with Crippen LogP contribution in [-0.4, -0.2) is 25.3 Å². The highest BCUT2D eigenvalue weighted by atomic mass is 17.2. The Morgan fingerprint density at radius 1 is 1.33 bits per heavy atom. The van der Waals surface area contributed by atoms with Crippen LogP contribution in [0.25, 0.3) is 0 Å². The predicted octanol–water partition coefficient (Wildman–Crippen LogP) is 1.56. The number of hydrogen-bond acceptors (Lipinski definition) is 4. The van der Waals surface area contributed by atoms with E-state index in [4.69, 9.17) is 14.5 Å². The minimum atomic E-state index is -0.470. The van der Waals surface area contributed by atoms with E-state index in [1.807, 2.05) is 6.07 Å². The Balaban J connectivity index is 1.82. The largest absolute Gasteiger partial charge is 0.378 e. The maximum atomic E-state index is 11.4. The molecule has 0 spiro atoms. The van der Waals surface area contributed by atoms with Gasteiger partial charge in [0.25, 0.3) is 0 Å². The van der Waals surface area contributed by atoms with Crippen molar-refractivity contribution in [2.24, 2.45) is 0 Å². The summed E-state index contributed by atoms with van der Waals surface area (Å²) in [6, 6.07) is 8.74. The van der Waals surface area contributed by atoms with Gasteiger partial charge in [0, 0.05) is 13.0 Å². The molecule has 2 rings (SSSR count). The Bertz CT molecular complexity index is 317. The molecule has 15 heavy (non-hydrogen) atoms. The molecule has 1 atom stereocenters. The molecule has 1 saturated heterocycles. The van der Waals surface area contributed by atoms with Crippen molar-refractivity contribution < 1.29 is 19.3 Å². The second-order valence-electron chi connectivity index (χ2n) is 3.32. The third kappa shape index (κ3) is 2.78. The SMILES string of the molecule is O=C(OOC1CCOC1)c1ccccc1. The van der Waals surface area contributed by atoms with Gasteiger partial charge in [-0.15, -0.1) is 0 Å². The third-order valence-electron chi connectivity index (χ3n) is 2.16. The fraction of sp³-hybridized carbons (Fsp3) is 0.364. The van der Waals surface area contributed by atoms with E-state index in [-0.39, 0.29) is 6.10 Å². The number of carbonyl (C=O) groups excluding carboxylic acids is 1. The van der Waals surface area contributed by atoms with E-state index < -0.39 is 5.97 Å². The van der Waals surface area contributed by atoms with Crippen LogP contribution in [0.2, 0.25) is 0 Å². The summed E-state index contributed by atoms with van der Waals surface area (Å²) >= 11 is 0. The zero-order valence-corrected chi connectivity index (χ0v) is 8.22. The Kier molecular flexibility index (Phi) is 3.32. The Morgan fingerprint density at radius 2 is 2.13 bits per heavy atom. The van der Waals surface area contributed by atoms with Gasteiger partial charge in [0.2, 0.25) is 0 Å². The molecule has 1 heterocycles. The average molecular weight is 208 g/mol. The molecule has 1 fully saturated rings. The minimum Gasteiger partial charge on any atom is -0.378 e. The number of rotatable bonds is 3. The summed E-state index contributed by atoms with van der Waals surface area (Å²) in [5, 5.41) is 0. The zero-order valence-electron chi connectivity index (χ0n) is 8.22. The average Bonchev–Trinajstić information content (AvgIpc) is 2.80. The summed E-state index contributed by atoms with van der Waals surface area (Å²) in [6.07, 6.45) is 0.639. The summed E-state index contributed by atoms with van der Waals surface area (Å²) in [7, 11) is 0.